The number of hydrogen-bond donors (Lipinski definition) is 1. The first-order valence-electron chi connectivity index (χ1n) is 7.65. The Labute approximate surface area is 122 Å². The second kappa shape index (κ2) is 7.65. The van der Waals surface area contributed by atoms with Crippen LogP contribution in [0.5, 0.6) is 5.75 Å². The van der Waals surface area contributed by atoms with Gasteiger partial charge in [-0.2, -0.15) is 0 Å². The van der Waals surface area contributed by atoms with Crippen molar-refractivity contribution < 1.29 is 9.47 Å². The lowest BCUT2D eigenvalue weighted by Crippen LogP contribution is -2.47. The smallest absolute Gasteiger partial charge is 0.119 e. The molecule has 0 bridgehead atoms. The summed E-state index contributed by atoms with van der Waals surface area (Å²) in [5, 5.41) is 3.73. The van der Waals surface area contributed by atoms with E-state index >= 15 is 0 Å². The molecular formula is C17H27NO2. The fourth-order valence-corrected chi connectivity index (χ4v) is 3.02. The largest absolute Gasteiger partial charge is 0.497 e. The third kappa shape index (κ3) is 3.97. The highest BCUT2D eigenvalue weighted by Gasteiger charge is 2.31. The van der Waals surface area contributed by atoms with E-state index in [1.807, 2.05) is 6.07 Å². The van der Waals surface area contributed by atoms with Crippen molar-refractivity contribution in [2.45, 2.75) is 50.6 Å². The Balaban J connectivity index is 1.81. The van der Waals surface area contributed by atoms with Crippen LogP contribution in [0.1, 0.15) is 44.1 Å². The van der Waals surface area contributed by atoms with Gasteiger partial charge in [-0.15, -0.1) is 0 Å². The van der Waals surface area contributed by atoms with Gasteiger partial charge in [-0.1, -0.05) is 25.5 Å². The zero-order valence-electron chi connectivity index (χ0n) is 12.9. The van der Waals surface area contributed by atoms with E-state index in [0.29, 0.717) is 18.0 Å². The van der Waals surface area contributed by atoms with Gasteiger partial charge in [0.2, 0.25) is 0 Å². The van der Waals surface area contributed by atoms with Crippen LogP contribution in [0.4, 0.5) is 0 Å². The Morgan fingerprint density at radius 2 is 2.10 bits per heavy atom. The van der Waals surface area contributed by atoms with Crippen LogP contribution >= 0.6 is 0 Å². The predicted octanol–water partition coefficient (Wildman–Crippen LogP) is 3.35. The van der Waals surface area contributed by atoms with E-state index in [1.165, 1.54) is 31.2 Å². The maximum absolute atomic E-state index is 5.30. The average Bonchev–Trinajstić information content (AvgIpc) is 2.42. The van der Waals surface area contributed by atoms with E-state index in [4.69, 9.17) is 9.47 Å². The quantitative estimate of drug-likeness (QED) is 0.790. The van der Waals surface area contributed by atoms with Crippen molar-refractivity contribution in [1.82, 2.24) is 5.32 Å². The first-order valence-corrected chi connectivity index (χ1v) is 7.65. The summed E-state index contributed by atoms with van der Waals surface area (Å²) in [7, 11) is 3.51. The summed E-state index contributed by atoms with van der Waals surface area (Å²) >= 11 is 0. The molecular weight excluding hydrogens is 250 g/mol. The van der Waals surface area contributed by atoms with Gasteiger partial charge >= 0.3 is 0 Å². The number of rotatable bonds is 8. The molecule has 0 saturated heterocycles. The summed E-state index contributed by atoms with van der Waals surface area (Å²) in [5.74, 6) is 1.63. The van der Waals surface area contributed by atoms with Gasteiger partial charge in [0.25, 0.3) is 0 Å². The van der Waals surface area contributed by atoms with E-state index in [1.54, 1.807) is 14.2 Å². The Morgan fingerprint density at radius 1 is 1.30 bits per heavy atom. The monoisotopic (exact) mass is 277 g/mol. The summed E-state index contributed by atoms with van der Waals surface area (Å²) in [5.41, 5.74) is 1.40. The third-order valence-corrected chi connectivity index (χ3v) is 4.18. The number of benzene rings is 1. The van der Waals surface area contributed by atoms with Crippen LogP contribution in [-0.4, -0.2) is 32.9 Å². The number of ether oxygens (including phenoxy) is 2. The van der Waals surface area contributed by atoms with E-state index in [0.717, 1.165) is 12.4 Å². The van der Waals surface area contributed by atoms with Crippen molar-refractivity contribution in [1.29, 1.82) is 0 Å². The van der Waals surface area contributed by atoms with E-state index in [-0.39, 0.29) is 0 Å². The molecule has 0 aliphatic heterocycles. The normalized spacial score (nSPS) is 23.1. The zero-order valence-corrected chi connectivity index (χ0v) is 12.9. The average molecular weight is 277 g/mol. The van der Waals surface area contributed by atoms with E-state index in [2.05, 4.69) is 30.4 Å². The molecule has 0 amide bonds. The first-order chi connectivity index (χ1) is 9.76. The van der Waals surface area contributed by atoms with Crippen molar-refractivity contribution in [2.24, 2.45) is 0 Å². The van der Waals surface area contributed by atoms with Crippen molar-refractivity contribution in [2.75, 3.05) is 20.8 Å². The minimum Gasteiger partial charge on any atom is -0.497 e. The van der Waals surface area contributed by atoms with Crippen molar-refractivity contribution >= 4 is 0 Å². The molecule has 1 N–H and O–H groups in total. The van der Waals surface area contributed by atoms with Gasteiger partial charge in [-0.3, -0.25) is 0 Å². The van der Waals surface area contributed by atoms with Crippen LogP contribution in [0.15, 0.2) is 24.3 Å². The molecule has 112 valence electrons. The molecule has 1 fully saturated rings. The van der Waals surface area contributed by atoms with Crippen LogP contribution < -0.4 is 10.1 Å². The van der Waals surface area contributed by atoms with Crippen LogP contribution in [0, 0.1) is 0 Å². The summed E-state index contributed by atoms with van der Waals surface area (Å²) in [6, 6.07) is 9.61. The van der Waals surface area contributed by atoms with Crippen LogP contribution in [0.25, 0.3) is 0 Å². The third-order valence-electron chi connectivity index (χ3n) is 4.18. The molecule has 1 atom stereocenters. The Hall–Kier alpha value is -1.06. The second-order valence-corrected chi connectivity index (χ2v) is 5.75. The molecule has 1 aliphatic rings. The Kier molecular flexibility index (Phi) is 5.86. The molecule has 1 aliphatic carbocycles. The number of methoxy groups -OCH3 is 2. The molecule has 3 nitrogen and oxygen atoms in total. The fourth-order valence-electron chi connectivity index (χ4n) is 3.02. The van der Waals surface area contributed by atoms with Crippen LogP contribution in [0.2, 0.25) is 0 Å². The first kappa shape index (κ1) is 15.3. The maximum Gasteiger partial charge on any atom is 0.119 e. The highest BCUT2D eigenvalue weighted by atomic mass is 16.5. The maximum atomic E-state index is 5.30. The molecule has 3 heteroatoms. The lowest BCUT2D eigenvalue weighted by atomic mass is 9.75. The van der Waals surface area contributed by atoms with E-state index in [9.17, 15) is 0 Å². The topological polar surface area (TPSA) is 30.5 Å². The van der Waals surface area contributed by atoms with Gasteiger partial charge < -0.3 is 14.8 Å². The van der Waals surface area contributed by atoms with Gasteiger partial charge in [0.15, 0.2) is 0 Å². The molecule has 0 spiro atoms. The standard InChI is InChI=1S/C17H27NO2/c1-4-6-15(12-19-2)18-16-9-14(10-16)13-7-5-8-17(11-13)20-3/h5,7-8,11,14-16,18H,4,6,9-10,12H2,1-3H3. The van der Waals surface area contributed by atoms with E-state index < -0.39 is 0 Å². The highest BCUT2D eigenvalue weighted by molar-refractivity contribution is 5.32. The van der Waals surface area contributed by atoms with Crippen molar-refractivity contribution in [3.8, 4) is 5.75 Å². The van der Waals surface area contributed by atoms with Crippen LogP contribution in [0.3, 0.4) is 0 Å². The van der Waals surface area contributed by atoms with Gasteiger partial charge in [0, 0.05) is 19.2 Å². The van der Waals surface area contributed by atoms with Gasteiger partial charge in [-0.25, -0.2) is 0 Å². The molecule has 1 aromatic rings. The molecule has 2 rings (SSSR count). The molecule has 0 heterocycles. The fraction of sp³-hybridized carbons (Fsp3) is 0.647. The minimum absolute atomic E-state index is 0.501. The molecule has 1 saturated carbocycles. The Morgan fingerprint density at radius 3 is 2.75 bits per heavy atom. The highest BCUT2D eigenvalue weighted by Crippen LogP contribution is 2.38. The summed E-state index contributed by atoms with van der Waals surface area (Å²) in [6.45, 7) is 3.04. The summed E-state index contributed by atoms with van der Waals surface area (Å²) < 4.78 is 10.6. The molecule has 0 radical (unpaired) electrons. The van der Waals surface area contributed by atoms with Crippen LogP contribution in [-0.2, 0) is 4.74 Å². The lowest BCUT2D eigenvalue weighted by molar-refractivity contribution is 0.141. The van der Waals surface area contributed by atoms with Gasteiger partial charge in [0.05, 0.1) is 13.7 Å². The predicted molar refractivity (Wildman–Crippen MR) is 82.5 cm³/mol. The van der Waals surface area contributed by atoms with Crippen molar-refractivity contribution in [3.63, 3.8) is 0 Å². The lowest BCUT2D eigenvalue weighted by Gasteiger charge is -2.38. The molecule has 1 aromatic carbocycles. The van der Waals surface area contributed by atoms with Gasteiger partial charge in [0.1, 0.15) is 5.75 Å². The summed E-state index contributed by atoms with van der Waals surface area (Å²) in [6.07, 6.45) is 4.83. The number of hydrogen-bond acceptors (Lipinski definition) is 3. The number of nitrogens with one attached hydrogen (secondary N) is 1. The molecule has 1 unspecified atom stereocenters. The molecule has 20 heavy (non-hydrogen) atoms. The SMILES string of the molecule is CCCC(COC)NC1CC(c2cccc(OC)c2)C1. The zero-order chi connectivity index (χ0) is 14.4. The molecule has 0 aromatic heterocycles. The second-order valence-electron chi connectivity index (χ2n) is 5.75. The van der Waals surface area contributed by atoms with Gasteiger partial charge in [-0.05, 0) is 42.9 Å². The van der Waals surface area contributed by atoms with Crippen molar-refractivity contribution in [3.05, 3.63) is 29.8 Å². The summed E-state index contributed by atoms with van der Waals surface area (Å²) in [4.78, 5) is 0. The minimum atomic E-state index is 0.501. The Bertz CT molecular complexity index is 396.